The molecule has 140 valence electrons. The van der Waals surface area contributed by atoms with Gasteiger partial charge in [0.1, 0.15) is 0 Å². The molecule has 0 aliphatic carbocycles. The van der Waals surface area contributed by atoms with Crippen molar-refractivity contribution >= 4 is 23.0 Å². The summed E-state index contributed by atoms with van der Waals surface area (Å²) in [5, 5.41) is 3.21. The van der Waals surface area contributed by atoms with Gasteiger partial charge in [-0.3, -0.25) is 4.99 Å². The zero-order valence-corrected chi connectivity index (χ0v) is 16.7. The molecule has 0 fully saturated rings. The fourth-order valence-corrected chi connectivity index (χ4v) is 3.32. The summed E-state index contributed by atoms with van der Waals surface area (Å²) in [7, 11) is 3.01. The van der Waals surface area contributed by atoms with E-state index in [1.165, 1.54) is 13.2 Å². The Hall–Kier alpha value is -2.05. The standard InChI is InChI=1S/C20H26N2O3S/c1-13(2)20-22-17(12-26-20)16-9-7-15(21-16)8-10-18(24-4)14(3)6-11-19(23)25-5/h6-8,10-14,18H,9H2,1-5H3. The third kappa shape index (κ3) is 5.47. The topological polar surface area (TPSA) is 60.8 Å². The third-order valence-corrected chi connectivity index (χ3v) is 5.21. The van der Waals surface area contributed by atoms with Crippen molar-refractivity contribution in [1.82, 2.24) is 4.98 Å². The van der Waals surface area contributed by atoms with Gasteiger partial charge in [-0.2, -0.15) is 0 Å². The maximum absolute atomic E-state index is 11.2. The molecule has 1 aliphatic heterocycles. The molecule has 2 unspecified atom stereocenters. The van der Waals surface area contributed by atoms with Crippen LogP contribution in [0.25, 0.3) is 0 Å². The number of allylic oxidation sites excluding steroid dienone is 2. The van der Waals surface area contributed by atoms with Gasteiger partial charge in [0.2, 0.25) is 0 Å². The average Bonchev–Trinajstić information content (AvgIpc) is 3.29. The number of esters is 1. The Labute approximate surface area is 159 Å². The first kappa shape index (κ1) is 20.3. The van der Waals surface area contributed by atoms with E-state index >= 15 is 0 Å². The van der Waals surface area contributed by atoms with Crippen molar-refractivity contribution in [2.75, 3.05) is 14.2 Å². The zero-order chi connectivity index (χ0) is 19.1. The molecule has 5 nitrogen and oxygen atoms in total. The third-order valence-electron chi connectivity index (χ3n) is 4.06. The van der Waals surface area contributed by atoms with Crippen molar-refractivity contribution in [2.45, 2.75) is 39.2 Å². The number of methoxy groups -OCH3 is 2. The number of nitrogens with zero attached hydrogens (tertiary/aromatic N) is 2. The lowest BCUT2D eigenvalue weighted by Gasteiger charge is -2.15. The number of carbonyl (C=O) groups is 1. The molecule has 6 heteroatoms. The SMILES string of the molecule is COC(=O)C=CC(C)C(C=CC1=CCC(c2csc(C(C)C)n2)=N1)OC. The van der Waals surface area contributed by atoms with Gasteiger partial charge < -0.3 is 9.47 Å². The zero-order valence-electron chi connectivity index (χ0n) is 15.9. The fraction of sp³-hybridized carbons (Fsp3) is 0.450. The lowest BCUT2D eigenvalue weighted by molar-refractivity contribution is -0.134. The quantitative estimate of drug-likeness (QED) is 0.503. The predicted molar refractivity (Wildman–Crippen MR) is 106 cm³/mol. The first-order chi connectivity index (χ1) is 12.4. The minimum atomic E-state index is -0.368. The molecule has 2 heterocycles. The normalized spacial score (nSPS) is 17.0. The summed E-state index contributed by atoms with van der Waals surface area (Å²) in [6.07, 6.45) is 9.85. The number of thiazole rings is 1. The van der Waals surface area contributed by atoms with E-state index in [-0.39, 0.29) is 18.0 Å². The summed E-state index contributed by atoms with van der Waals surface area (Å²) in [5.74, 6) is 0.102. The highest BCUT2D eigenvalue weighted by atomic mass is 32.1. The van der Waals surface area contributed by atoms with Crippen LogP contribution in [0.15, 0.2) is 46.4 Å². The largest absolute Gasteiger partial charge is 0.466 e. The van der Waals surface area contributed by atoms with E-state index in [1.54, 1.807) is 24.5 Å². The van der Waals surface area contributed by atoms with Gasteiger partial charge in [-0.1, -0.05) is 39.0 Å². The highest BCUT2D eigenvalue weighted by Gasteiger charge is 2.15. The molecule has 1 aliphatic rings. The molecule has 2 rings (SSSR count). The van der Waals surface area contributed by atoms with E-state index in [9.17, 15) is 4.79 Å². The second-order valence-electron chi connectivity index (χ2n) is 6.42. The molecule has 1 aromatic heterocycles. The number of carbonyl (C=O) groups excluding carboxylic acids is 1. The second-order valence-corrected chi connectivity index (χ2v) is 7.31. The maximum Gasteiger partial charge on any atom is 0.330 e. The van der Waals surface area contributed by atoms with Crippen LogP contribution in [0.2, 0.25) is 0 Å². The van der Waals surface area contributed by atoms with Gasteiger partial charge in [-0.15, -0.1) is 11.3 Å². The molecule has 0 saturated carbocycles. The Kier molecular flexibility index (Phi) is 7.48. The molecule has 0 N–H and O–H groups in total. The van der Waals surface area contributed by atoms with Gasteiger partial charge in [0.25, 0.3) is 0 Å². The summed E-state index contributed by atoms with van der Waals surface area (Å²) < 4.78 is 10.1. The summed E-state index contributed by atoms with van der Waals surface area (Å²) in [4.78, 5) is 20.5. The number of hydrogen-bond acceptors (Lipinski definition) is 6. The van der Waals surface area contributed by atoms with Crippen LogP contribution in [0.3, 0.4) is 0 Å². The van der Waals surface area contributed by atoms with E-state index in [0.717, 1.165) is 28.5 Å². The van der Waals surface area contributed by atoms with Crippen LogP contribution in [0.5, 0.6) is 0 Å². The summed E-state index contributed by atoms with van der Waals surface area (Å²) in [6, 6.07) is 0. The Morgan fingerprint density at radius 1 is 1.27 bits per heavy atom. The summed E-state index contributed by atoms with van der Waals surface area (Å²) in [5.41, 5.74) is 2.88. The maximum atomic E-state index is 11.2. The number of rotatable bonds is 8. The van der Waals surface area contributed by atoms with Crippen LogP contribution in [-0.2, 0) is 14.3 Å². The molecule has 0 bridgehead atoms. The van der Waals surface area contributed by atoms with E-state index in [1.807, 2.05) is 19.1 Å². The lowest BCUT2D eigenvalue weighted by atomic mass is 10.0. The van der Waals surface area contributed by atoms with E-state index < -0.39 is 0 Å². The van der Waals surface area contributed by atoms with Crippen molar-refractivity contribution in [1.29, 1.82) is 0 Å². The molecule has 26 heavy (non-hydrogen) atoms. The van der Waals surface area contributed by atoms with Gasteiger partial charge >= 0.3 is 5.97 Å². The fourth-order valence-electron chi connectivity index (χ4n) is 2.47. The first-order valence-corrected chi connectivity index (χ1v) is 9.53. The minimum Gasteiger partial charge on any atom is -0.466 e. The van der Waals surface area contributed by atoms with E-state index in [4.69, 9.17) is 4.74 Å². The molecule has 0 saturated heterocycles. The number of hydrogen-bond donors (Lipinski definition) is 0. The Morgan fingerprint density at radius 2 is 2.04 bits per heavy atom. The molecule has 0 aromatic carbocycles. The van der Waals surface area contributed by atoms with Crippen LogP contribution in [0.4, 0.5) is 0 Å². The van der Waals surface area contributed by atoms with Crippen LogP contribution in [-0.4, -0.2) is 37.0 Å². The van der Waals surface area contributed by atoms with Gasteiger partial charge in [-0.25, -0.2) is 9.78 Å². The first-order valence-electron chi connectivity index (χ1n) is 8.65. The second kappa shape index (κ2) is 9.59. The van der Waals surface area contributed by atoms with Gasteiger partial charge in [0.05, 0.1) is 35.3 Å². The van der Waals surface area contributed by atoms with E-state index in [0.29, 0.717) is 5.92 Å². The molecular weight excluding hydrogens is 348 g/mol. The van der Waals surface area contributed by atoms with Crippen LogP contribution < -0.4 is 0 Å². The summed E-state index contributed by atoms with van der Waals surface area (Å²) >= 11 is 1.68. The monoisotopic (exact) mass is 374 g/mol. The van der Waals surface area contributed by atoms with Crippen molar-refractivity contribution in [3.63, 3.8) is 0 Å². The molecule has 0 spiro atoms. The number of ether oxygens (including phenoxy) is 2. The van der Waals surface area contributed by atoms with Crippen molar-refractivity contribution < 1.29 is 14.3 Å². The molecular formula is C20H26N2O3S. The molecule has 0 radical (unpaired) electrons. The van der Waals surface area contributed by atoms with Crippen LogP contribution >= 0.6 is 11.3 Å². The highest BCUT2D eigenvalue weighted by Crippen LogP contribution is 2.23. The van der Waals surface area contributed by atoms with Gasteiger partial charge in [0.15, 0.2) is 0 Å². The average molecular weight is 375 g/mol. The molecule has 0 amide bonds. The van der Waals surface area contributed by atoms with Crippen molar-refractivity contribution in [3.8, 4) is 0 Å². The van der Waals surface area contributed by atoms with Gasteiger partial charge in [0, 0.05) is 36.8 Å². The summed E-state index contributed by atoms with van der Waals surface area (Å²) in [6.45, 7) is 6.27. The van der Waals surface area contributed by atoms with E-state index in [2.05, 4.69) is 40.0 Å². The number of aliphatic imine (C=N–C) groups is 1. The molecule has 1 aromatic rings. The Bertz CT molecular complexity index is 744. The van der Waals surface area contributed by atoms with Gasteiger partial charge in [-0.05, 0) is 6.08 Å². The van der Waals surface area contributed by atoms with Crippen molar-refractivity contribution in [3.05, 3.63) is 52.2 Å². The van der Waals surface area contributed by atoms with Crippen molar-refractivity contribution in [2.24, 2.45) is 10.9 Å². The highest BCUT2D eigenvalue weighted by molar-refractivity contribution is 7.09. The number of aromatic nitrogens is 1. The smallest absolute Gasteiger partial charge is 0.330 e. The predicted octanol–water partition coefficient (Wildman–Crippen LogP) is 4.28. The molecule has 2 atom stereocenters. The van der Waals surface area contributed by atoms with Crippen LogP contribution in [0.1, 0.15) is 43.8 Å². The lowest BCUT2D eigenvalue weighted by Crippen LogP contribution is -2.16. The Balaban J connectivity index is 2.01. The Morgan fingerprint density at radius 3 is 2.65 bits per heavy atom. The van der Waals surface area contributed by atoms with Crippen LogP contribution in [0, 0.1) is 5.92 Å². The minimum absolute atomic E-state index is 0.0351.